The molecule has 0 saturated heterocycles. The normalized spacial score (nSPS) is 11.3. The SMILES string of the molecule is F[B-](F)(F)c1ccccc1/C=C/c1ccccc1.[K+]. The minimum atomic E-state index is -4.97. The number of rotatable bonds is 3. The Morgan fingerprint density at radius 1 is 0.737 bits per heavy atom. The number of hydrogen-bond acceptors (Lipinski definition) is 0. The van der Waals surface area contributed by atoms with Crippen molar-refractivity contribution in [2.24, 2.45) is 0 Å². The molecule has 92 valence electrons. The zero-order chi connectivity index (χ0) is 13.0. The summed E-state index contributed by atoms with van der Waals surface area (Å²) in [6.07, 6.45) is 3.18. The van der Waals surface area contributed by atoms with Crippen molar-refractivity contribution in [2.75, 3.05) is 0 Å². The van der Waals surface area contributed by atoms with Gasteiger partial charge in [0, 0.05) is 0 Å². The average molecular weight is 286 g/mol. The summed E-state index contributed by atoms with van der Waals surface area (Å²) in [4.78, 5) is 0. The minimum absolute atomic E-state index is 0. The van der Waals surface area contributed by atoms with Crippen molar-refractivity contribution in [3.63, 3.8) is 0 Å². The number of halogens is 3. The summed E-state index contributed by atoms with van der Waals surface area (Å²) in [5.41, 5.74) is 0.528. The summed E-state index contributed by atoms with van der Waals surface area (Å²) >= 11 is 0. The van der Waals surface area contributed by atoms with Crippen LogP contribution in [-0.2, 0) is 0 Å². The Hall–Kier alpha value is -0.329. The molecular formula is C14H11BF3K. The first kappa shape index (κ1) is 16.7. The molecule has 0 radical (unpaired) electrons. The molecule has 0 spiro atoms. The van der Waals surface area contributed by atoms with Gasteiger partial charge in [-0.1, -0.05) is 72.3 Å². The molecule has 0 atom stereocenters. The van der Waals surface area contributed by atoms with E-state index in [9.17, 15) is 12.9 Å². The maximum Gasteiger partial charge on any atom is 1.00 e. The van der Waals surface area contributed by atoms with Gasteiger partial charge in [-0.2, -0.15) is 0 Å². The van der Waals surface area contributed by atoms with E-state index < -0.39 is 12.4 Å². The Morgan fingerprint density at radius 3 is 1.95 bits per heavy atom. The first-order chi connectivity index (χ1) is 8.57. The van der Waals surface area contributed by atoms with Crippen molar-refractivity contribution in [1.82, 2.24) is 0 Å². The van der Waals surface area contributed by atoms with E-state index in [4.69, 9.17) is 0 Å². The van der Waals surface area contributed by atoms with Gasteiger partial charge in [-0.05, 0) is 5.56 Å². The van der Waals surface area contributed by atoms with Crippen LogP contribution in [0.1, 0.15) is 11.1 Å². The van der Waals surface area contributed by atoms with Gasteiger partial charge < -0.3 is 12.9 Å². The Morgan fingerprint density at radius 2 is 1.32 bits per heavy atom. The molecule has 0 amide bonds. The summed E-state index contributed by atoms with van der Waals surface area (Å²) in [5, 5.41) is 0. The summed E-state index contributed by atoms with van der Waals surface area (Å²) in [6.45, 7) is -4.97. The van der Waals surface area contributed by atoms with Gasteiger partial charge in [0.15, 0.2) is 0 Å². The minimum Gasteiger partial charge on any atom is -0.445 e. The van der Waals surface area contributed by atoms with E-state index in [0.29, 0.717) is 0 Å². The summed E-state index contributed by atoms with van der Waals surface area (Å²) in [5.74, 6) is 0. The van der Waals surface area contributed by atoms with Gasteiger partial charge >= 0.3 is 58.4 Å². The molecular weight excluding hydrogens is 275 g/mol. The molecule has 2 aromatic rings. The average Bonchev–Trinajstić information content (AvgIpc) is 2.37. The first-order valence-electron chi connectivity index (χ1n) is 5.59. The van der Waals surface area contributed by atoms with Crippen LogP contribution in [0.4, 0.5) is 12.9 Å². The summed E-state index contributed by atoms with van der Waals surface area (Å²) in [7, 11) is 0. The Kier molecular flexibility index (Phi) is 6.56. The van der Waals surface area contributed by atoms with Gasteiger partial charge in [0.05, 0.1) is 0 Å². The van der Waals surface area contributed by atoms with Crippen LogP contribution in [-0.4, -0.2) is 6.98 Å². The molecule has 0 N–H and O–H groups in total. The zero-order valence-corrected chi connectivity index (χ0v) is 13.7. The molecule has 2 aromatic carbocycles. The van der Waals surface area contributed by atoms with Crippen molar-refractivity contribution in [3.8, 4) is 0 Å². The predicted octanol–water partition coefficient (Wildman–Crippen LogP) is 0.915. The van der Waals surface area contributed by atoms with Crippen molar-refractivity contribution in [2.45, 2.75) is 0 Å². The van der Waals surface area contributed by atoms with E-state index in [2.05, 4.69) is 0 Å². The van der Waals surface area contributed by atoms with Crippen molar-refractivity contribution >= 4 is 24.6 Å². The third-order valence-electron chi connectivity index (χ3n) is 2.60. The van der Waals surface area contributed by atoms with Crippen LogP contribution in [0.5, 0.6) is 0 Å². The molecule has 0 bridgehead atoms. The van der Waals surface area contributed by atoms with Gasteiger partial charge in [0.2, 0.25) is 0 Å². The van der Waals surface area contributed by atoms with Crippen LogP contribution >= 0.6 is 0 Å². The fraction of sp³-hybridized carbons (Fsp3) is 0. The second kappa shape index (κ2) is 7.45. The maximum atomic E-state index is 12.8. The molecule has 0 aliphatic rings. The zero-order valence-electron chi connectivity index (χ0n) is 10.6. The van der Waals surface area contributed by atoms with Crippen LogP contribution in [0.25, 0.3) is 12.2 Å². The van der Waals surface area contributed by atoms with Crippen LogP contribution in [0.2, 0.25) is 0 Å². The van der Waals surface area contributed by atoms with E-state index in [-0.39, 0.29) is 56.9 Å². The molecule has 0 aromatic heterocycles. The fourth-order valence-electron chi connectivity index (χ4n) is 1.71. The molecule has 0 unspecified atom stereocenters. The molecule has 2 rings (SSSR count). The van der Waals surface area contributed by atoms with E-state index in [1.807, 2.05) is 30.3 Å². The number of hydrogen-bond donors (Lipinski definition) is 0. The van der Waals surface area contributed by atoms with Gasteiger partial charge in [0.25, 0.3) is 0 Å². The van der Waals surface area contributed by atoms with Crippen molar-refractivity contribution < 1.29 is 64.3 Å². The largest absolute Gasteiger partial charge is 1.00 e. The third kappa shape index (κ3) is 4.93. The van der Waals surface area contributed by atoms with E-state index in [1.165, 1.54) is 18.2 Å². The second-order valence-corrected chi connectivity index (χ2v) is 3.95. The van der Waals surface area contributed by atoms with E-state index >= 15 is 0 Å². The second-order valence-electron chi connectivity index (χ2n) is 3.95. The van der Waals surface area contributed by atoms with Gasteiger partial charge in [-0.15, -0.1) is 5.46 Å². The molecule has 0 saturated carbocycles. The molecule has 0 fully saturated rings. The first-order valence-corrected chi connectivity index (χ1v) is 5.59. The Balaban J connectivity index is 0.00000180. The molecule has 0 nitrogen and oxygen atoms in total. The standard InChI is InChI=1S/C14H11BF3.K/c16-15(17,18)14-9-5-4-8-13(14)11-10-12-6-2-1-3-7-12;/h1-11H;/q-1;+1/b11-10+;. The smallest absolute Gasteiger partial charge is 0.445 e. The third-order valence-corrected chi connectivity index (χ3v) is 2.60. The number of benzene rings is 2. The van der Waals surface area contributed by atoms with E-state index in [1.54, 1.807) is 12.1 Å². The molecule has 0 aliphatic heterocycles. The van der Waals surface area contributed by atoms with Crippen LogP contribution in [0, 0.1) is 0 Å². The van der Waals surface area contributed by atoms with Crippen LogP contribution in [0.15, 0.2) is 54.6 Å². The molecule has 19 heavy (non-hydrogen) atoms. The molecule has 0 heterocycles. The predicted molar refractivity (Wildman–Crippen MR) is 70.5 cm³/mol. The Bertz CT molecular complexity index is 550. The molecule has 5 heteroatoms. The maximum absolute atomic E-state index is 12.8. The van der Waals surface area contributed by atoms with Crippen LogP contribution < -0.4 is 56.8 Å². The van der Waals surface area contributed by atoms with E-state index in [0.717, 1.165) is 11.6 Å². The molecule has 0 aliphatic carbocycles. The van der Waals surface area contributed by atoms with Crippen molar-refractivity contribution in [1.29, 1.82) is 0 Å². The van der Waals surface area contributed by atoms with Gasteiger partial charge in [0.1, 0.15) is 0 Å². The van der Waals surface area contributed by atoms with Gasteiger partial charge in [-0.25, -0.2) is 0 Å². The Labute approximate surface area is 153 Å². The van der Waals surface area contributed by atoms with Crippen LogP contribution in [0.3, 0.4) is 0 Å². The quantitative estimate of drug-likeness (QED) is 0.581. The summed E-state index contributed by atoms with van der Waals surface area (Å²) < 4.78 is 38.4. The fourth-order valence-corrected chi connectivity index (χ4v) is 1.71. The summed E-state index contributed by atoms with van der Waals surface area (Å²) in [6, 6.07) is 14.9. The van der Waals surface area contributed by atoms with Crippen molar-refractivity contribution in [3.05, 3.63) is 65.7 Å². The van der Waals surface area contributed by atoms with Gasteiger partial charge in [-0.3, -0.25) is 0 Å². The monoisotopic (exact) mass is 286 g/mol. The topological polar surface area (TPSA) is 0 Å².